The van der Waals surface area contributed by atoms with Crippen molar-refractivity contribution in [2.45, 2.75) is 31.1 Å². The van der Waals surface area contributed by atoms with Crippen molar-refractivity contribution in [1.82, 2.24) is 34.7 Å². The minimum absolute atomic E-state index is 0.107. The van der Waals surface area contributed by atoms with Crippen molar-refractivity contribution in [2.75, 3.05) is 38.8 Å². The van der Waals surface area contributed by atoms with Crippen molar-refractivity contribution >= 4 is 27.6 Å². The van der Waals surface area contributed by atoms with Gasteiger partial charge in [-0.05, 0) is 6.92 Å². The van der Waals surface area contributed by atoms with Crippen LogP contribution in [-0.2, 0) is 19.5 Å². The lowest BCUT2D eigenvalue weighted by atomic mass is 10.1. The van der Waals surface area contributed by atoms with E-state index in [4.69, 9.17) is 30.5 Å². The first-order valence-corrected chi connectivity index (χ1v) is 12.8. The van der Waals surface area contributed by atoms with E-state index < -0.39 is 27.3 Å². The highest BCUT2D eigenvalue weighted by molar-refractivity contribution is 7.93. The minimum atomic E-state index is -4.04. The Balaban J connectivity index is 1.77. The zero-order chi connectivity index (χ0) is 25.9. The fourth-order valence-corrected chi connectivity index (χ4v) is 4.85. The number of rotatable bonds is 9. The van der Waals surface area contributed by atoms with Gasteiger partial charge in [0.05, 0.1) is 44.3 Å². The average molecular weight is 541 g/mol. The van der Waals surface area contributed by atoms with Crippen LogP contribution in [0.1, 0.15) is 37.5 Å². The van der Waals surface area contributed by atoms with Gasteiger partial charge in [0.1, 0.15) is 18.3 Å². The molecule has 1 fully saturated rings. The second kappa shape index (κ2) is 10.9. The first-order chi connectivity index (χ1) is 17.3. The molecule has 4 heterocycles. The first kappa shape index (κ1) is 25.9. The van der Waals surface area contributed by atoms with Gasteiger partial charge < -0.3 is 18.9 Å². The largest absolute Gasteiger partial charge is 0.479 e. The number of halogens is 1. The van der Waals surface area contributed by atoms with Gasteiger partial charge >= 0.3 is 0 Å². The van der Waals surface area contributed by atoms with Gasteiger partial charge in [0.2, 0.25) is 27.7 Å². The number of sulfonamides is 1. The highest BCUT2D eigenvalue weighted by Gasteiger charge is 2.34. The van der Waals surface area contributed by atoms with Crippen LogP contribution in [0.15, 0.2) is 18.7 Å². The van der Waals surface area contributed by atoms with Gasteiger partial charge in [0.15, 0.2) is 11.5 Å². The van der Waals surface area contributed by atoms with E-state index in [0.29, 0.717) is 24.1 Å². The number of anilines is 1. The Kier molecular flexibility index (Phi) is 7.82. The molecule has 1 saturated heterocycles. The second-order valence-electron chi connectivity index (χ2n) is 7.79. The van der Waals surface area contributed by atoms with Crippen molar-refractivity contribution in [3.05, 3.63) is 35.4 Å². The Morgan fingerprint density at radius 3 is 2.33 bits per heavy atom. The lowest BCUT2D eigenvalue weighted by Gasteiger charge is -2.24. The summed E-state index contributed by atoms with van der Waals surface area (Å²) in [6.45, 7) is 4.18. The Morgan fingerprint density at radius 1 is 1.08 bits per heavy atom. The topological polar surface area (TPSA) is 165 Å². The molecule has 1 N–H and O–H groups in total. The summed E-state index contributed by atoms with van der Waals surface area (Å²) in [5, 5.41) is 7.69. The number of hydrogen-bond acceptors (Lipinski definition) is 12. The number of methoxy groups -OCH3 is 2. The molecule has 4 rings (SSSR count). The SMILES string of the molecule is COc1ncnc(OC)c1-n1c(NS(=O)(=O)[C@@H](C)[C@H](C)c2ncc(Cl)cn2)nnc1[C@H]1COCCO1. The second-order valence-corrected chi connectivity index (χ2v) is 10.3. The Labute approximate surface area is 212 Å². The monoisotopic (exact) mass is 540 g/mol. The van der Waals surface area contributed by atoms with Crippen LogP contribution in [0, 0.1) is 0 Å². The van der Waals surface area contributed by atoms with Crippen molar-refractivity contribution in [2.24, 2.45) is 0 Å². The normalized spacial score (nSPS) is 17.9. The van der Waals surface area contributed by atoms with E-state index in [0.717, 1.165) is 0 Å². The van der Waals surface area contributed by atoms with Gasteiger partial charge in [-0.2, -0.15) is 9.97 Å². The van der Waals surface area contributed by atoms with Crippen LogP contribution in [0.2, 0.25) is 5.02 Å². The summed E-state index contributed by atoms with van der Waals surface area (Å²) in [7, 11) is -1.21. The van der Waals surface area contributed by atoms with Crippen LogP contribution >= 0.6 is 11.6 Å². The van der Waals surface area contributed by atoms with Gasteiger partial charge in [0.25, 0.3) is 0 Å². The van der Waals surface area contributed by atoms with Crippen LogP contribution in [0.3, 0.4) is 0 Å². The quantitative estimate of drug-likeness (QED) is 0.416. The fraction of sp³-hybridized carbons (Fsp3) is 0.500. The highest BCUT2D eigenvalue weighted by Crippen LogP contribution is 2.35. The molecular formula is C20H25ClN8O6S. The molecule has 0 radical (unpaired) electrons. The van der Waals surface area contributed by atoms with Crippen molar-refractivity contribution in [1.29, 1.82) is 0 Å². The summed E-state index contributed by atoms with van der Waals surface area (Å²) in [6.07, 6.45) is 3.44. The van der Waals surface area contributed by atoms with Crippen molar-refractivity contribution < 1.29 is 27.4 Å². The lowest BCUT2D eigenvalue weighted by Crippen LogP contribution is -2.32. The third-order valence-electron chi connectivity index (χ3n) is 5.63. The van der Waals surface area contributed by atoms with E-state index in [-0.39, 0.29) is 35.8 Å². The Bertz CT molecular complexity index is 1280. The van der Waals surface area contributed by atoms with E-state index in [1.807, 2.05) is 0 Å². The van der Waals surface area contributed by atoms with Crippen LogP contribution < -0.4 is 14.2 Å². The van der Waals surface area contributed by atoms with Gasteiger partial charge in [-0.15, -0.1) is 10.2 Å². The number of ether oxygens (including phenoxy) is 4. The molecule has 194 valence electrons. The third kappa shape index (κ3) is 5.18. The summed E-state index contributed by atoms with van der Waals surface area (Å²) < 4.78 is 52.9. The molecule has 1 aliphatic heterocycles. The molecule has 0 aliphatic carbocycles. The molecule has 3 aromatic heterocycles. The van der Waals surface area contributed by atoms with Crippen LogP contribution in [-0.4, -0.2) is 82.4 Å². The minimum Gasteiger partial charge on any atom is -0.479 e. The van der Waals surface area contributed by atoms with Gasteiger partial charge in [-0.25, -0.2) is 18.4 Å². The summed E-state index contributed by atoms with van der Waals surface area (Å²) in [5.41, 5.74) is 0.191. The fourth-order valence-electron chi connectivity index (χ4n) is 3.52. The number of nitrogens with one attached hydrogen (secondary N) is 1. The Hall–Kier alpha value is -3.14. The van der Waals surface area contributed by atoms with Crippen LogP contribution in [0.25, 0.3) is 5.69 Å². The third-order valence-corrected chi connectivity index (χ3v) is 7.68. The molecule has 0 spiro atoms. The summed E-state index contributed by atoms with van der Waals surface area (Å²) in [6, 6.07) is 0. The van der Waals surface area contributed by atoms with Crippen molar-refractivity contribution in [3.8, 4) is 17.4 Å². The zero-order valence-corrected chi connectivity index (χ0v) is 21.5. The van der Waals surface area contributed by atoms with E-state index in [1.54, 1.807) is 6.92 Å². The van der Waals surface area contributed by atoms with E-state index in [1.165, 1.54) is 44.4 Å². The maximum Gasteiger partial charge on any atom is 0.245 e. The molecule has 1 aliphatic rings. The number of nitrogens with zero attached hydrogens (tertiary/aromatic N) is 7. The molecule has 0 aromatic carbocycles. The van der Waals surface area contributed by atoms with Crippen LogP contribution in [0.4, 0.5) is 5.95 Å². The van der Waals surface area contributed by atoms with Crippen molar-refractivity contribution in [3.63, 3.8) is 0 Å². The van der Waals surface area contributed by atoms with E-state index in [2.05, 4.69) is 34.9 Å². The average Bonchev–Trinajstić information content (AvgIpc) is 3.30. The molecule has 3 aromatic rings. The number of aromatic nitrogens is 7. The standard InChI is InChI=1S/C20H25ClN8O6S/c1-11(16-22-7-13(21)8-23-16)12(2)36(30,31)28-20-27-26-17(14-9-34-5-6-35-14)29(20)15-18(32-3)24-10-25-19(15)33-4/h7-8,10-12,14H,5-6,9H2,1-4H3,(H,27,28)/t11-,12-,14+/m0/s1. The predicted octanol–water partition coefficient (Wildman–Crippen LogP) is 1.54. The van der Waals surface area contributed by atoms with E-state index >= 15 is 0 Å². The maximum atomic E-state index is 13.4. The van der Waals surface area contributed by atoms with Gasteiger partial charge in [-0.1, -0.05) is 18.5 Å². The molecule has 14 nitrogen and oxygen atoms in total. The summed E-state index contributed by atoms with van der Waals surface area (Å²) in [4.78, 5) is 16.6. The molecule has 0 bridgehead atoms. The Morgan fingerprint density at radius 2 is 1.75 bits per heavy atom. The molecule has 36 heavy (non-hydrogen) atoms. The molecular weight excluding hydrogens is 516 g/mol. The summed E-state index contributed by atoms with van der Waals surface area (Å²) >= 11 is 5.86. The molecule has 0 saturated carbocycles. The zero-order valence-electron chi connectivity index (χ0n) is 20.0. The highest BCUT2D eigenvalue weighted by atomic mass is 35.5. The molecule has 0 unspecified atom stereocenters. The molecule has 0 amide bonds. The maximum absolute atomic E-state index is 13.4. The molecule has 16 heteroatoms. The van der Waals surface area contributed by atoms with Gasteiger partial charge in [-0.3, -0.25) is 9.29 Å². The summed E-state index contributed by atoms with van der Waals surface area (Å²) in [5.74, 6) is 0.0797. The number of hydrogen-bond donors (Lipinski definition) is 1. The van der Waals surface area contributed by atoms with E-state index in [9.17, 15) is 8.42 Å². The predicted molar refractivity (Wildman–Crippen MR) is 127 cm³/mol. The molecule has 3 atom stereocenters. The lowest BCUT2D eigenvalue weighted by molar-refractivity contribution is -0.0941. The van der Waals surface area contributed by atoms with Gasteiger partial charge in [0, 0.05) is 18.3 Å². The van der Waals surface area contributed by atoms with Crippen LogP contribution in [0.5, 0.6) is 11.8 Å². The first-order valence-electron chi connectivity index (χ1n) is 10.8. The smallest absolute Gasteiger partial charge is 0.245 e.